The van der Waals surface area contributed by atoms with Gasteiger partial charge in [0.15, 0.2) is 0 Å². The maximum Gasteiger partial charge on any atom is 0.114 e. The Hall–Kier alpha value is -1.39. The molecule has 0 aliphatic rings. The third-order valence-corrected chi connectivity index (χ3v) is 2.83. The minimum Gasteiger partial charge on any atom is -0.389 e. The molecule has 0 fully saturated rings. The van der Waals surface area contributed by atoms with Crippen LogP contribution in [0.15, 0.2) is 29.8 Å². The molecule has 0 aliphatic heterocycles. The molecule has 2 aromatic rings. The first-order valence-electron chi connectivity index (χ1n) is 4.59. The smallest absolute Gasteiger partial charge is 0.114 e. The zero-order chi connectivity index (χ0) is 10.7. The highest BCUT2D eigenvalue weighted by Gasteiger charge is 2.09. The van der Waals surface area contributed by atoms with E-state index >= 15 is 0 Å². The molecule has 0 spiro atoms. The van der Waals surface area contributed by atoms with E-state index in [2.05, 4.69) is 4.98 Å². The van der Waals surface area contributed by atoms with Crippen molar-refractivity contribution in [3.05, 3.63) is 35.3 Å². The highest BCUT2D eigenvalue weighted by atomic mass is 32.1. The molecule has 0 radical (unpaired) electrons. The number of ether oxygens (including phenoxy) is 1. The fraction of sp³-hybridized carbons (Fsp3) is 0.182. The lowest BCUT2D eigenvalue weighted by molar-refractivity contribution is 0.185. The van der Waals surface area contributed by atoms with E-state index in [0.29, 0.717) is 6.61 Å². The first-order chi connectivity index (χ1) is 7.33. The topological polar surface area (TPSA) is 48.1 Å². The number of benzene rings is 1. The average Bonchev–Trinajstić information content (AvgIpc) is 2.66. The number of rotatable bonds is 3. The number of nitrogens with two attached hydrogens (primary N) is 1. The van der Waals surface area contributed by atoms with Gasteiger partial charge in [-0.1, -0.05) is 24.3 Å². The van der Waals surface area contributed by atoms with Gasteiger partial charge in [0.05, 0.1) is 12.1 Å². The molecular weight excluding hydrogens is 208 g/mol. The van der Waals surface area contributed by atoms with E-state index in [9.17, 15) is 0 Å². The molecule has 78 valence electrons. The molecule has 0 bridgehead atoms. The van der Waals surface area contributed by atoms with E-state index in [4.69, 9.17) is 10.5 Å². The summed E-state index contributed by atoms with van der Waals surface area (Å²) in [4.78, 5) is 4.27. The van der Waals surface area contributed by atoms with Crippen molar-refractivity contribution in [3.63, 3.8) is 0 Å². The van der Waals surface area contributed by atoms with Crippen LogP contribution in [0.5, 0.6) is 0 Å². The van der Waals surface area contributed by atoms with Crippen LogP contribution in [0, 0.1) is 0 Å². The van der Waals surface area contributed by atoms with E-state index in [0.717, 1.165) is 21.8 Å². The number of nitrogen functional groups attached to an aromatic ring is 1. The molecule has 15 heavy (non-hydrogen) atoms. The number of methoxy groups -OCH3 is 1. The summed E-state index contributed by atoms with van der Waals surface area (Å²) >= 11 is 1.45. The third kappa shape index (κ3) is 2.00. The van der Waals surface area contributed by atoms with Crippen molar-refractivity contribution in [3.8, 4) is 11.3 Å². The summed E-state index contributed by atoms with van der Waals surface area (Å²) in [7, 11) is 1.68. The molecular formula is C11H12N2OS. The monoisotopic (exact) mass is 220 g/mol. The largest absolute Gasteiger partial charge is 0.389 e. The third-order valence-electron chi connectivity index (χ3n) is 2.17. The van der Waals surface area contributed by atoms with Gasteiger partial charge < -0.3 is 10.5 Å². The van der Waals surface area contributed by atoms with Gasteiger partial charge in [-0.15, -0.1) is 11.3 Å². The first kappa shape index (κ1) is 10.1. The van der Waals surface area contributed by atoms with Crippen LogP contribution in [0.3, 0.4) is 0 Å². The van der Waals surface area contributed by atoms with Crippen molar-refractivity contribution in [2.24, 2.45) is 0 Å². The summed E-state index contributed by atoms with van der Waals surface area (Å²) < 4.78 is 5.14. The lowest BCUT2D eigenvalue weighted by atomic mass is 10.1. The highest BCUT2D eigenvalue weighted by molar-refractivity contribution is 7.14. The van der Waals surface area contributed by atoms with E-state index in [1.807, 2.05) is 24.3 Å². The van der Waals surface area contributed by atoms with Crippen LogP contribution in [0.4, 0.5) is 5.00 Å². The first-order valence-corrected chi connectivity index (χ1v) is 5.47. The molecule has 1 aromatic heterocycles. The van der Waals surface area contributed by atoms with E-state index in [1.54, 1.807) is 12.6 Å². The molecule has 0 saturated heterocycles. The fourth-order valence-electron chi connectivity index (χ4n) is 1.49. The molecule has 0 amide bonds. The van der Waals surface area contributed by atoms with Gasteiger partial charge in [0.1, 0.15) is 10.7 Å². The predicted octanol–water partition coefficient (Wildman–Crippen LogP) is 2.54. The van der Waals surface area contributed by atoms with Crippen LogP contribution in [-0.2, 0) is 11.3 Å². The molecule has 0 unspecified atom stereocenters. The van der Waals surface area contributed by atoms with E-state index < -0.39 is 0 Å². The minimum absolute atomic E-state index is 0.577. The number of thiazole rings is 1. The van der Waals surface area contributed by atoms with Crippen LogP contribution in [0.2, 0.25) is 0 Å². The van der Waals surface area contributed by atoms with Gasteiger partial charge >= 0.3 is 0 Å². The zero-order valence-corrected chi connectivity index (χ0v) is 9.25. The van der Waals surface area contributed by atoms with Gasteiger partial charge in [-0.3, -0.25) is 0 Å². The van der Waals surface area contributed by atoms with Crippen molar-refractivity contribution in [2.45, 2.75) is 6.61 Å². The zero-order valence-electron chi connectivity index (χ0n) is 8.43. The second-order valence-corrected chi connectivity index (χ2v) is 4.04. The Kier molecular flexibility index (Phi) is 2.99. The van der Waals surface area contributed by atoms with Crippen LogP contribution in [0.25, 0.3) is 11.3 Å². The maximum atomic E-state index is 5.85. The highest BCUT2D eigenvalue weighted by Crippen LogP contribution is 2.30. The second kappa shape index (κ2) is 4.42. The molecule has 4 heteroatoms. The van der Waals surface area contributed by atoms with Crippen molar-refractivity contribution < 1.29 is 4.74 Å². The number of hydrogen-bond acceptors (Lipinski definition) is 4. The summed E-state index contributed by atoms with van der Waals surface area (Å²) in [5.41, 5.74) is 10.6. The number of nitrogens with zero attached hydrogens (tertiary/aromatic N) is 1. The van der Waals surface area contributed by atoms with Gasteiger partial charge in [-0.2, -0.15) is 0 Å². The molecule has 2 N–H and O–H groups in total. The Bertz CT molecular complexity index is 453. The van der Waals surface area contributed by atoms with Gasteiger partial charge in [0.25, 0.3) is 0 Å². The Morgan fingerprint density at radius 2 is 2.20 bits per heavy atom. The van der Waals surface area contributed by atoms with Gasteiger partial charge in [-0.25, -0.2) is 4.98 Å². The van der Waals surface area contributed by atoms with Crippen molar-refractivity contribution in [2.75, 3.05) is 12.8 Å². The van der Waals surface area contributed by atoms with Crippen LogP contribution in [-0.4, -0.2) is 12.1 Å². The van der Waals surface area contributed by atoms with E-state index in [1.165, 1.54) is 11.3 Å². The summed E-state index contributed by atoms with van der Waals surface area (Å²) in [5.74, 6) is 0. The summed E-state index contributed by atoms with van der Waals surface area (Å²) in [6.45, 7) is 0.577. The SMILES string of the molecule is COCc1ccccc1-c1ncsc1N. The quantitative estimate of drug-likeness (QED) is 0.864. The van der Waals surface area contributed by atoms with Gasteiger partial charge in [-0.05, 0) is 5.56 Å². The lowest BCUT2D eigenvalue weighted by Gasteiger charge is -2.06. The molecule has 2 rings (SSSR count). The summed E-state index contributed by atoms with van der Waals surface area (Å²) in [5, 5.41) is 0.749. The second-order valence-electron chi connectivity index (χ2n) is 3.16. The van der Waals surface area contributed by atoms with Crippen molar-refractivity contribution in [1.82, 2.24) is 4.98 Å². The van der Waals surface area contributed by atoms with Gasteiger partial charge in [0, 0.05) is 12.7 Å². The van der Waals surface area contributed by atoms with E-state index in [-0.39, 0.29) is 0 Å². The Balaban J connectivity index is 2.48. The van der Waals surface area contributed by atoms with Crippen molar-refractivity contribution >= 4 is 16.3 Å². The molecule has 0 aliphatic carbocycles. The summed E-state index contributed by atoms with van der Waals surface area (Å²) in [6, 6.07) is 8.01. The number of anilines is 1. The number of aromatic nitrogens is 1. The Morgan fingerprint density at radius 3 is 2.87 bits per heavy atom. The molecule has 1 heterocycles. The summed E-state index contributed by atoms with van der Waals surface area (Å²) in [6.07, 6.45) is 0. The van der Waals surface area contributed by atoms with Crippen LogP contribution in [0.1, 0.15) is 5.56 Å². The number of hydrogen-bond donors (Lipinski definition) is 1. The standard InChI is InChI=1S/C11H12N2OS/c1-14-6-8-4-2-3-5-9(8)10-11(12)15-7-13-10/h2-5,7H,6,12H2,1H3. The predicted molar refractivity (Wildman–Crippen MR) is 62.7 cm³/mol. The molecule has 3 nitrogen and oxygen atoms in total. The fourth-order valence-corrected chi connectivity index (χ4v) is 2.04. The Morgan fingerprint density at radius 1 is 1.40 bits per heavy atom. The molecule has 0 saturated carbocycles. The van der Waals surface area contributed by atoms with Crippen molar-refractivity contribution in [1.29, 1.82) is 0 Å². The minimum atomic E-state index is 0.577. The molecule has 1 aromatic carbocycles. The average molecular weight is 220 g/mol. The lowest BCUT2D eigenvalue weighted by Crippen LogP contribution is -1.94. The van der Waals surface area contributed by atoms with Crippen LogP contribution >= 0.6 is 11.3 Å². The maximum absolute atomic E-state index is 5.85. The Labute approximate surface area is 92.5 Å². The van der Waals surface area contributed by atoms with Gasteiger partial charge in [0.2, 0.25) is 0 Å². The van der Waals surface area contributed by atoms with Crippen LogP contribution < -0.4 is 5.73 Å². The molecule has 0 atom stereocenters. The normalized spacial score (nSPS) is 10.5.